The molecule has 6 heteroatoms. The Labute approximate surface area is 153 Å². The lowest BCUT2D eigenvalue weighted by Gasteiger charge is -2.08. The SMILES string of the molecule is Cn1c(O)c2ccccc2c(N=Nc2ccc(Cl)c3ccccc23)c1=O. The smallest absolute Gasteiger partial charge is 0.281 e. The molecule has 1 aromatic heterocycles. The lowest BCUT2D eigenvalue weighted by atomic mass is 10.1. The lowest BCUT2D eigenvalue weighted by Crippen LogP contribution is -2.16. The van der Waals surface area contributed by atoms with Crippen LogP contribution in [-0.2, 0) is 7.05 Å². The summed E-state index contributed by atoms with van der Waals surface area (Å²) in [5.74, 6) is -0.0958. The molecule has 128 valence electrons. The van der Waals surface area contributed by atoms with E-state index in [2.05, 4.69) is 10.2 Å². The van der Waals surface area contributed by atoms with Gasteiger partial charge in [0, 0.05) is 33.6 Å². The Bertz CT molecular complexity index is 1250. The average Bonchev–Trinajstić information content (AvgIpc) is 2.68. The molecule has 0 saturated heterocycles. The molecule has 0 atom stereocenters. The van der Waals surface area contributed by atoms with Gasteiger partial charge in [-0.15, -0.1) is 10.2 Å². The van der Waals surface area contributed by atoms with E-state index in [1.807, 2.05) is 24.3 Å². The van der Waals surface area contributed by atoms with Gasteiger partial charge in [-0.25, -0.2) is 0 Å². The van der Waals surface area contributed by atoms with Gasteiger partial charge >= 0.3 is 0 Å². The highest BCUT2D eigenvalue weighted by atomic mass is 35.5. The summed E-state index contributed by atoms with van der Waals surface area (Å²) < 4.78 is 1.16. The van der Waals surface area contributed by atoms with Gasteiger partial charge in [0.05, 0.1) is 5.69 Å². The molecule has 0 radical (unpaired) electrons. The maximum absolute atomic E-state index is 12.6. The third-order valence-corrected chi connectivity index (χ3v) is 4.68. The van der Waals surface area contributed by atoms with Gasteiger partial charge < -0.3 is 5.11 Å². The van der Waals surface area contributed by atoms with E-state index in [-0.39, 0.29) is 11.6 Å². The third-order valence-electron chi connectivity index (χ3n) is 4.35. The van der Waals surface area contributed by atoms with Gasteiger partial charge in [0.2, 0.25) is 5.88 Å². The molecule has 0 unspecified atom stereocenters. The lowest BCUT2D eigenvalue weighted by molar-refractivity contribution is 0.431. The summed E-state index contributed by atoms with van der Waals surface area (Å²) >= 11 is 6.23. The van der Waals surface area contributed by atoms with Crippen LogP contribution >= 0.6 is 11.6 Å². The number of aromatic nitrogens is 1. The fourth-order valence-electron chi connectivity index (χ4n) is 2.97. The Kier molecular flexibility index (Phi) is 3.93. The first-order valence-corrected chi connectivity index (χ1v) is 8.35. The van der Waals surface area contributed by atoms with Gasteiger partial charge in [-0.05, 0) is 18.2 Å². The van der Waals surface area contributed by atoms with Gasteiger partial charge in [-0.3, -0.25) is 9.36 Å². The molecule has 4 aromatic rings. The van der Waals surface area contributed by atoms with Crippen LogP contribution in [0.1, 0.15) is 0 Å². The van der Waals surface area contributed by atoms with E-state index < -0.39 is 5.56 Å². The van der Waals surface area contributed by atoms with E-state index in [1.165, 1.54) is 7.05 Å². The number of halogens is 1. The number of azo groups is 1. The molecule has 0 fully saturated rings. The highest BCUT2D eigenvalue weighted by Crippen LogP contribution is 2.34. The molecular weight excluding hydrogens is 350 g/mol. The van der Waals surface area contributed by atoms with Crippen molar-refractivity contribution < 1.29 is 5.11 Å². The number of nitrogens with zero attached hydrogens (tertiary/aromatic N) is 3. The van der Waals surface area contributed by atoms with Gasteiger partial charge in [-0.1, -0.05) is 54.1 Å². The minimum atomic E-state index is -0.414. The molecule has 0 aliphatic rings. The Balaban J connectivity index is 1.95. The highest BCUT2D eigenvalue weighted by Gasteiger charge is 2.13. The first-order chi connectivity index (χ1) is 12.6. The number of rotatable bonds is 2. The quantitative estimate of drug-likeness (QED) is 0.480. The van der Waals surface area contributed by atoms with Gasteiger partial charge in [0.15, 0.2) is 5.69 Å². The van der Waals surface area contributed by atoms with Crippen LogP contribution in [0, 0.1) is 0 Å². The first kappa shape index (κ1) is 16.3. The topological polar surface area (TPSA) is 66.9 Å². The zero-order valence-electron chi connectivity index (χ0n) is 13.8. The first-order valence-electron chi connectivity index (χ1n) is 7.97. The van der Waals surface area contributed by atoms with Crippen molar-refractivity contribution in [1.82, 2.24) is 4.57 Å². The molecular formula is C20H14ClN3O2. The maximum atomic E-state index is 12.6. The number of fused-ring (bicyclic) bond motifs is 2. The highest BCUT2D eigenvalue weighted by molar-refractivity contribution is 6.36. The summed E-state index contributed by atoms with van der Waals surface area (Å²) in [5.41, 5.74) is 0.382. The molecule has 0 amide bonds. The van der Waals surface area contributed by atoms with Crippen molar-refractivity contribution in [2.24, 2.45) is 17.3 Å². The van der Waals surface area contributed by atoms with E-state index >= 15 is 0 Å². The summed E-state index contributed by atoms with van der Waals surface area (Å²) in [6, 6.07) is 18.2. The van der Waals surface area contributed by atoms with Gasteiger partial charge in [-0.2, -0.15) is 0 Å². The standard InChI is InChI=1S/C20H14ClN3O2/c1-24-19(25)15-9-5-4-8-14(15)18(20(24)26)23-22-17-11-10-16(21)12-6-2-3-7-13(12)17/h2-11,25H,1H3. The van der Waals surface area contributed by atoms with Gasteiger partial charge in [0.1, 0.15) is 0 Å². The second kappa shape index (κ2) is 6.28. The minimum absolute atomic E-state index is 0.0958. The van der Waals surface area contributed by atoms with E-state index in [9.17, 15) is 9.90 Å². The largest absolute Gasteiger partial charge is 0.494 e. The molecule has 5 nitrogen and oxygen atoms in total. The van der Waals surface area contributed by atoms with Crippen LogP contribution in [0.2, 0.25) is 5.02 Å². The summed E-state index contributed by atoms with van der Waals surface area (Å²) in [7, 11) is 1.50. The predicted octanol–water partition coefficient (Wildman–Crippen LogP) is 5.47. The second-order valence-electron chi connectivity index (χ2n) is 5.89. The molecule has 1 N–H and O–H groups in total. The zero-order chi connectivity index (χ0) is 18.3. The van der Waals surface area contributed by atoms with Crippen LogP contribution in [0.3, 0.4) is 0 Å². The van der Waals surface area contributed by atoms with Crippen LogP contribution in [0.5, 0.6) is 5.88 Å². The number of hydrogen-bond acceptors (Lipinski definition) is 4. The fourth-order valence-corrected chi connectivity index (χ4v) is 3.20. The molecule has 26 heavy (non-hydrogen) atoms. The summed E-state index contributed by atoms with van der Waals surface area (Å²) in [6.07, 6.45) is 0. The number of pyridine rings is 1. The second-order valence-corrected chi connectivity index (χ2v) is 6.30. The molecule has 0 saturated carbocycles. The van der Waals surface area contributed by atoms with Crippen molar-refractivity contribution in [2.75, 3.05) is 0 Å². The molecule has 4 rings (SSSR count). The van der Waals surface area contributed by atoms with Crippen molar-refractivity contribution in [2.45, 2.75) is 0 Å². The Morgan fingerprint density at radius 2 is 1.46 bits per heavy atom. The van der Waals surface area contributed by atoms with E-state index in [4.69, 9.17) is 11.6 Å². The molecule has 1 heterocycles. The van der Waals surface area contributed by atoms with Crippen molar-refractivity contribution in [3.8, 4) is 5.88 Å². The maximum Gasteiger partial charge on any atom is 0.281 e. The molecule has 0 aliphatic carbocycles. The number of hydrogen-bond donors (Lipinski definition) is 1. The van der Waals surface area contributed by atoms with E-state index in [0.29, 0.717) is 21.5 Å². The normalized spacial score (nSPS) is 11.6. The van der Waals surface area contributed by atoms with Crippen molar-refractivity contribution in [3.05, 3.63) is 76.0 Å². The van der Waals surface area contributed by atoms with Crippen LogP contribution in [0.25, 0.3) is 21.5 Å². The van der Waals surface area contributed by atoms with Crippen LogP contribution in [0.15, 0.2) is 75.7 Å². The van der Waals surface area contributed by atoms with Crippen LogP contribution in [-0.4, -0.2) is 9.67 Å². The van der Waals surface area contributed by atoms with Crippen molar-refractivity contribution >= 4 is 44.5 Å². The van der Waals surface area contributed by atoms with Gasteiger partial charge in [0.25, 0.3) is 5.56 Å². The van der Waals surface area contributed by atoms with Crippen molar-refractivity contribution in [1.29, 1.82) is 0 Å². The Hall–Kier alpha value is -3.18. The monoisotopic (exact) mass is 363 g/mol. The van der Waals surface area contributed by atoms with Crippen LogP contribution < -0.4 is 5.56 Å². The summed E-state index contributed by atoms with van der Waals surface area (Å²) in [4.78, 5) is 12.6. The number of aromatic hydroxyl groups is 1. The molecule has 0 aliphatic heterocycles. The fraction of sp³-hybridized carbons (Fsp3) is 0.0500. The predicted molar refractivity (Wildman–Crippen MR) is 104 cm³/mol. The third kappa shape index (κ3) is 2.53. The summed E-state index contributed by atoms with van der Waals surface area (Å²) in [6.45, 7) is 0. The molecule has 3 aromatic carbocycles. The summed E-state index contributed by atoms with van der Waals surface area (Å²) in [5, 5.41) is 22.2. The Morgan fingerprint density at radius 1 is 0.846 bits per heavy atom. The number of benzene rings is 3. The van der Waals surface area contributed by atoms with E-state index in [0.717, 1.165) is 15.3 Å². The zero-order valence-corrected chi connectivity index (χ0v) is 14.6. The van der Waals surface area contributed by atoms with E-state index in [1.54, 1.807) is 36.4 Å². The van der Waals surface area contributed by atoms with Crippen molar-refractivity contribution in [3.63, 3.8) is 0 Å². The average molecular weight is 364 g/mol. The minimum Gasteiger partial charge on any atom is -0.494 e. The molecule has 0 bridgehead atoms. The molecule has 0 spiro atoms. The van der Waals surface area contributed by atoms with Crippen LogP contribution in [0.4, 0.5) is 11.4 Å². The Morgan fingerprint density at radius 3 is 2.19 bits per heavy atom.